The number of amides is 2. The third kappa shape index (κ3) is 6.77. The van der Waals surface area contributed by atoms with Gasteiger partial charge in [0.05, 0.1) is 11.7 Å². The second-order valence-electron chi connectivity index (χ2n) is 13.3. The summed E-state index contributed by atoms with van der Waals surface area (Å²) in [6.07, 6.45) is 6.88. The van der Waals surface area contributed by atoms with Crippen LogP contribution in [0.25, 0.3) is 0 Å². The molecule has 4 aliphatic carbocycles. The number of rotatable bonds is 9. The molecule has 4 aliphatic rings. The molecule has 4 saturated carbocycles. The lowest BCUT2D eigenvalue weighted by Gasteiger charge is -2.54. The minimum atomic E-state index is -4.14. The van der Waals surface area contributed by atoms with Crippen molar-refractivity contribution in [2.75, 3.05) is 12.3 Å². The van der Waals surface area contributed by atoms with Crippen LogP contribution in [-0.2, 0) is 26.7 Å². The number of benzene rings is 2. The average Bonchev–Trinajstić information content (AvgIpc) is 2.88. The summed E-state index contributed by atoms with van der Waals surface area (Å²) >= 11 is 0. The molecule has 0 saturated heterocycles. The highest BCUT2D eigenvalue weighted by atomic mass is 32.2. The first-order valence-electron chi connectivity index (χ1n) is 14.6. The molecule has 216 valence electrons. The van der Waals surface area contributed by atoms with Gasteiger partial charge in [0, 0.05) is 18.2 Å². The first-order valence-corrected chi connectivity index (χ1v) is 16.2. The average molecular weight is 567 g/mol. The van der Waals surface area contributed by atoms with Crippen molar-refractivity contribution < 1.29 is 22.6 Å². The van der Waals surface area contributed by atoms with E-state index in [1.165, 1.54) is 37.7 Å². The van der Waals surface area contributed by atoms with Crippen molar-refractivity contribution in [3.05, 3.63) is 70.8 Å². The normalized spacial score (nSPS) is 26.4. The zero-order valence-corrected chi connectivity index (χ0v) is 24.5. The second kappa shape index (κ2) is 11.3. The number of hydrogen-bond donors (Lipinski definition) is 3. The van der Waals surface area contributed by atoms with Crippen molar-refractivity contribution in [1.29, 1.82) is 0 Å². The highest BCUT2D eigenvalue weighted by molar-refractivity contribution is 7.85. The third-order valence-electron chi connectivity index (χ3n) is 9.33. The maximum atomic E-state index is 14.0. The second-order valence-corrected chi connectivity index (χ2v) is 14.9. The summed E-state index contributed by atoms with van der Waals surface area (Å²) in [5, 5.41) is 6.02. The molecule has 2 aromatic rings. The van der Waals surface area contributed by atoms with E-state index in [0.717, 1.165) is 23.0 Å². The van der Waals surface area contributed by atoms with Gasteiger partial charge in [-0.05, 0) is 96.4 Å². The molecule has 0 aliphatic heterocycles. The molecule has 7 nitrogen and oxygen atoms in total. The van der Waals surface area contributed by atoms with E-state index < -0.39 is 21.8 Å². The SMILES string of the molecule is CC(C)(C)c1ccc(C(Cc2ccc(C(=O)NCCS(=O)(=O)O)cc2)C(=O)NC2C3C[C@H]4C[C@@H](C3)C[C@@H]2C4)cc1. The van der Waals surface area contributed by atoms with E-state index in [1.807, 2.05) is 12.1 Å². The summed E-state index contributed by atoms with van der Waals surface area (Å²) in [5.41, 5.74) is 3.57. The lowest BCUT2D eigenvalue weighted by molar-refractivity contribution is -0.126. The van der Waals surface area contributed by atoms with Gasteiger partial charge in [0.2, 0.25) is 5.91 Å². The topological polar surface area (TPSA) is 113 Å². The molecule has 2 aromatic carbocycles. The monoisotopic (exact) mass is 566 g/mol. The van der Waals surface area contributed by atoms with Crippen LogP contribution in [0.4, 0.5) is 0 Å². The zero-order chi connectivity index (χ0) is 28.7. The maximum Gasteiger partial charge on any atom is 0.266 e. The fourth-order valence-corrected chi connectivity index (χ4v) is 7.79. The van der Waals surface area contributed by atoms with Gasteiger partial charge in [-0.3, -0.25) is 14.1 Å². The smallest absolute Gasteiger partial charge is 0.266 e. The fraction of sp³-hybridized carbons (Fsp3) is 0.562. The number of hydrogen-bond acceptors (Lipinski definition) is 4. The Morgan fingerprint density at radius 3 is 2.00 bits per heavy atom. The summed E-state index contributed by atoms with van der Waals surface area (Å²) in [7, 11) is -4.14. The molecule has 0 aromatic heterocycles. The van der Waals surface area contributed by atoms with Gasteiger partial charge in [-0.25, -0.2) is 0 Å². The Kier molecular flexibility index (Phi) is 8.13. The van der Waals surface area contributed by atoms with E-state index >= 15 is 0 Å². The summed E-state index contributed by atoms with van der Waals surface area (Å²) in [6.45, 7) is 6.37. The Bertz CT molecular complexity index is 1300. The molecule has 1 atom stereocenters. The molecule has 4 bridgehead atoms. The Morgan fingerprint density at radius 1 is 0.900 bits per heavy atom. The van der Waals surface area contributed by atoms with Crippen molar-refractivity contribution in [3.8, 4) is 0 Å². The van der Waals surface area contributed by atoms with Crippen LogP contribution in [0.1, 0.15) is 85.8 Å². The number of carbonyl (C=O) groups excluding carboxylic acids is 2. The van der Waals surface area contributed by atoms with E-state index in [0.29, 0.717) is 23.8 Å². The van der Waals surface area contributed by atoms with E-state index in [4.69, 9.17) is 4.55 Å². The van der Waals surface area contributed by atoms with Crippen molar-refractivity contribution in [1.82, 2.24) is 10.6 Å². The number of nitrogens with one attached hydrogen (secondary N) is 2. The fourth-order valence-electron chi connectivity index (χ4n) is 7.43. The lowest BCUT2D eigenvalue weighted by atomic mass is 9.54. The quantitative estimate of drug-likeness (QED) is 0.375. The summed E-state index contributed by atoms with van der Waals surface area (Å²) in [4.78, 5) is 26.3. The van der Waals surface area contributed by atoms with Crippen LogP contribution in [0.15, 0.2) is 48.5 Å². The van der Waals surface area contributed by atoms with E-state index in [-0.39, 0.29) is 29.8 Å². The van der Waals surface area contributed by atoms with E-state index in [2.05, 4.69) is 55.7 Å². The minimum absolute atomic E-state index is 0.0223. The highest BCUT2D eigenvalue weighted by Crippen LogP contribution is 2.53. The molecule has 0 heterocycles. The molecule has 8 heteroatoms. The predicted molar refractivity (Wildman–Crippen MR) is 156 cm³/mol. The van der Waals surface area contributed by atoms with Gasteiger partial charge in [0.25, 0.3) is 16.0 Å². The van der Waals surface area contributed by atoms with Gasteiger partial charge in [0.1, 0.15) is 0 Å². The third-order valence-corrected chi connectivity index (χ3v) is 10.1. The maximum absolute atomic E-state index is 14.0. The van der Waals surface area contributed by atoms with Gasteiger partial charge < -0.3 is 10.6 Å². The van der Waals surface area contributed by atoms with Crippen LogP contribution in [0.3, 0.4) is 0 Å². The molecule has 1 unspecified atom stereocenters. The standard InChI is InChI=1S/C32H42N2O5S/c1-32(2,3)27-10-8-23(9-11-27)28(31(36)34-29-25-15-21-14-22(17-25)18-26(29)16-21)19-20-4-6-24(7-5-20)30(35)33-12-13-40(37,38)39/h4-11,21-22,25-26,28-29H,12-19H2,1-3H3,(H,33,35)(H,34,36)(H,37,38,39)/t21-,22+,25-,26?,28?,29?. The van der Waals surface area contributed by atoms with E-state index in [9.17, 15) is 18.0 Å². The number of carbonyl (C=O) groups is 2. The minimum Gasteiger partial charge on any atom is -0.352 e. The van der Waals surface area contributed by atoms with Crippen LogP contribution in [0.5, 0.6) is 0 Å². The summed E-state index contributed by atoms with van der Waals surface area (Å²) in [5.74, 6) is 1.68. The van der Waals surface area contributed by atoms with Gasteiger partial charge in [-0.1, -0.05) is 57.2 Å². The van der Waals surface area contributed by atoms with E-state index in [1.54, 1.807) is 12.1 Å². The molecule has 6 rings (SSSR count). The Balaban J connectivity index is 1.31. The first-order chi connectivity index (χ1) is 18.9. The largest absolute Gasteiger partial charge is 0.352 e. The Labute approximate surface area is 238 Å². The predicted octanol–water partition coefficient (Wildman–Crippen LogP) is 4.87. The van der Waals surface area contributed by atoms with Gasteiger partial charge in [0.15, 0.2) is 0 Å². The van der Waals surface area contributed by atoms with Crippen molar-refractivity contribution in [2.24, 2.45) is 23.7 Å². The van der Waals surface area contributed by atoms with Crippen LogP contribution in [-0.4, -0.2) is 43.1 Å². The van der Waals surface area contributed by atoms with Crippen LogP contribution >= 0.6 is 0 Å². The molecular formula is C32H42N2O5S. The molecule has 3 N–H and O–H groups in total. The van der Waals surface area contributed by atoms with Crippen LogP contribution in [0, 0.1) is 23.7 Å². The van der Waals surface area contributed by atoms with Gasteiger partial charge in [-0.15, -0.1) is 0 Å². The molecule has 0 radical (unpaired) electrons. The van der Waals surface area contributed by atoms with Crippen LogP contribution in [0.2, 0.25) is 0 Å². The first kappa shape index (κ1) is 28.8. The molecule has 0 spiro atoms. The van der Waals surface area contributed by atoms with Gasteiger partial charge >= 0.3 is 0 Å². The van der Waals surface area contributed by atoms with Crippen molar-refractivity contribution in [3.63, 3.8) is 0 Å². The summed E-state index contributed by atoms with van der Waals surface area (Å²) in [6, 6.07) is 15.8. The van der Waals surface area contributed by atoms with Crippen LogP contribution < -0.4 is 10.6 Å². The Hall–Kier alpha value is -2.71. The zero-order valence-electron chi connectivity index (χ0n) is 23.7. The molecule has 40 heavy (non-hydrogen) atoms. The van der Waals surface area contributed by atoms with Crippen molar-refractivity contribution in [2.45, 2.75) is 76.7 Å². The molecular weight excluding hydrogens is 524 g/mol. The molecule has 4 fully saturated rings. The summed E-state index contributed by atoms with van der Waals surface area (Å²) < 4.78 is 30.7. The van der Waals surface area contributed by atoms with Gasteiger partial charge in [-0.2, -0.15) is 8.42 Å². The molecule has 2 amide bonds. The Morgan fingerprint density at radius 2 is 1.48 bits per heavy atom. The van der Waals surface area contributed by atoms with Crippen molar-refractivity contribution >= 4 is 21.9 Å². The highest BCUT2D eigenvalue weighted by Gasteiger charge is 2.49. The lowest BCUT2D eigenvalue weighted by Crippen LogP contribution is -2.56.